The molecule has 0 unspecified atom stereocenters. The summed E-state index contributed by atoms with van der Waals surface area (Å²) in [6.07, 6.45) is 1.88. The van der Waals surface area contributed by atoms with E-state index in [2.05, 4.69) is 0 Å². The lowest BCUT2D eigenvalue weighted by atomic mass is 9.97. The van der Waals surface area contributed by atoms with Crippen molar-refractivity contribution in [3.8, 4) is 5.75 Å². The molecule has 2 heterocycles. The second kappa shape index (κ2) is 10.8. The Morgan fingerprint density at radius 1 is 1.29 bits per heavy atom. The molecule has 0 aromatic heterocycles. The molecule has 0 aliphatic carbocycles. The Balaban J connectivity index is 1.93. The number of rotatable bonds is 6. The smallest absolute Gasteiger partial charge is 0.410 e. The van der Waals surface area contributed by atoms with E-state index in [-0.39, 0.29) is 36.6 Å². The molecule has 2 N–H and O–H groups in total. The number of hydrogen-bond acceptors (Lipinski definition) is 6. The van der Waals surface area contributed by atoms with Crippen LogP contribution in [-0.4, -0.2) is 78.2 Å². The van der Waals surface area contributed by atoms with Gasteiger partial charge in [0.05, 0.1) is 11.7 Å². The Kier molecular flexibility index (Phi) is 8.30. The molecule has 2 aliphatic rings. The van der Waals surface area contributed by atoms with E-state index in [0.717, 1.165) is 18.4 Å². The van der Waals surface area contributed by atoms with E-state index >= 15 is 0 Å². The average molecular weight is 489 g/mol. The summed E-state index contributed by atoms with van der Waals surface area (Å²) < 4.78 is 11.3. The van der Waals surface area contributed by atoms with Crippen LogP contribution in [0.3, 0.4) is 0 Å². The summed E-state index contributed by atoms with van der Waals surface area (Å²) >= 11 is 0. The fourth-order valence-electron chi connectivity index (χ4n) is 4.79. The third-order valence-corrected chi connectivity index (χ3v) is 6.32. The van der Waals surface area contributed by atoms with Crippen LogP contribution in [0.25, 0.3) is 0 Å². The summed E-state index contributed by atoms with van der Waals surface area (Å²) in [5.74, 6) is 0.310. The highest BCUT2D eigenvalue weighted by molar-refractivity contribution is 6.02. The Labute approximate surface area is 208 Å². The molecule has 1 aromatic rings. The van der Waals surface area contributed by atoms with Crippen LogP contribution in [0.1, 0.15) is 70.3 Å². The number of nitrogens with two attached hydrogens (primary N) is 1. The summed E-state index contributed by atoms with van der Waals surface area (Å²) in [5, 5.41) is 0. The van der Waals surface area contributed by atoms with Gasteiger partial charge >= 0.3 is 6.09 Å². The number of nitrogens with zero attached hydrogens (tertiary/aromatic N) is 3. The van der Waals surface area contributed by atoms with Crippen molar-refractivity contribution in [2.24, 2.45) is 5.73 Å². The number of hydrogen-bond donors (Lipinski definition) is 1. The number of likely N-dealkylation sites (tertiary alicyclic amines) is 1. The minimum absolute atomic E-state index is 0.0376. The number of aryl methyl sites for hydroxylation is 1. The first-order valence-electron chi connectivity index (χ1n) is 12.6. The monoisotopic (exact) mass is 488 g/mol. The fraction of sp³-hybridized carbons (Fsp3) is 0.654. The van der Waals surface area contributed by atoms with Gasteiger partial charge in [0.1, 0.15) is 11.4 Å². The van der Waals surface area contributed by atoms with E-state index in [4.69, 9.17) is 15.2 Å². The zero-order valence-electron chi connectivity index (χ0n) is 21.9. The quantitative estimate of drug-likeness (QED) is 0.659. The zero-order valence-corrected chi connectivity index (χ0v) is 21.9. The second-order valence-corrected chi connectivity index (χ2v) is 10.5. The predicted octanol–water partition coefficient (Wildman–Crippen LogP) is 3.18. The van der Waals surface area contributed by atoms with Gasteiger partial charge in [-0.05, 0) is 71.6 Å². The van der Waals surface area contributed by atoms with Gasteiger partial charge in [0, 0.05) is 37.8 Å². The molecule has 35 heavy (non-hydrogen) atoms. The molecule has 194 valence electrons. The van der Waals surface area contributed by atoms with Gasteiger partial charge in [0.2, 0.25) is 0 Å². The molecule has 1 aromatic carbocycles. The molecule has 1 saturated heterocycles. The molecule has 0 bridgehead atoms. The number of piperidine rings is 1. The van der Waals surface area contributed by atoms with Crippen molar-refractivity contribution in [2.45, 2.75) is 78.5 Å². The lowest BCUT2D eigenvalue weighted by molar-refractivity contribution is -0.121. The molecule has 9 nitrogen and oxygen atoms in total. The van der Waals surface area contributed by atoms with Crippen molar-refractivity contribution >= 4 is 23.6 Å². The van der Waals surface area contributed by atoms with Gasteiger partial charge in [0.25, 0.3) is 11.8 Å². The molecule has 2 aliphatic heterocycles. The maximum atomic E-state index is 14.0. The summed E-state index contributed by atoms with van der Waals surface area (Å²) in [7, 11) is 0. The molecule has 3 amide bonds. The topological polar surface area (TPSA) is 105 Å². The van der Waals surface area contributed by atoms with Gasteiger partial charge in [-0.1, -0.05) is 6.92 Å². The Bertz CT molecular complexity index is 956. The van der Waals surface area contributed by atoms with Crippen LogP contribution >= 0.6 is 0 Å². The van der Waals surface area contributed by atoms with Gasteiger partial charge in [-0.15, -0.1) is 0 Å². The minimum atomic E-state index is -0.578. The van der Waals surface area contributed by atoms with Crippen LogP contribution in [-0.2, 0) is 16.0 Å². The SMILES string of the molecule is CCc1cc2c(cc1C(=O)N(C(C)C)[C@@H]1CCCN(C(=O)OC(C)(C)C)C1)N(CCN)C(=O)CO2. The first-order valence-corrected chi connectivity index (χ1v) is 12.6. The molecule has 1 atom stereocenters. The summed E-state index contributed by atoms with van der Waals surface area (Å²) in [6.45, 7) is 13.2. The van der Waals surface area contributed by atoms with Crippen molar-refractivity contribution in [1.29, 1.82) is 0 Å². The van der Waals surface area contributed by atoms with Gasteiger partial charge in [-0.3, -0.25) is 9.59 Å². The van der Waals surface area contributed by atoms with E-state index in [1.54, 1.807) is 15.9 Å². The van der Waals surface area contributed by atoms with Gasteiger partial charge in [-0.2, -0.15) is 0 Å². The third kappa shape index (κ3) is 6.07. The molecule has 0 saturated carbocycles. The van der Waals surface area contributed by atoms with E-state index in [1.165, 1.54) is 0 Å². The lowest BCUT2D eigenvalue weighted by Crippen LogP contribution is -2.54. The molecule has 0 spiro atoms. The van der Waals surface area contributed by atoms with Crippen LogP contribution in [0.2, 0.25) is 0 Å². The lowest BCUT2D eigenvalue weighted by Gasteiger charge is -2.42. The normalized spacial score (nSPS) is 18.3. The number of benzene rings is 1. The highest BCUT2D eigenvalue weighted by Crippen LogP contribution is 2.36. The number of anilines is 1. The molecular weight excluding hydrogens is 448 g/mol. The first-order chi connectivity index (χ1) is 16.5. The van der Waals surface area contributed by atoms with Gasteiger partial charge < -0.3 is 29.9 Å². The average Bonchev–Trinajstić information content (AvgIpc) is 2.79. The standard InChI is InChI=1S/C26H40N4O5/c1-7-18-13-22-21(29(12-10-27)23(31)16-34-22)14-20(18)24(32)30(17(2)3)19-9-8-11-28(15-19)25(33)35-26(4,5)6/h13-14,17,19H,7-12,15-16,27H2,1-6H3/t19-/m1/s1. The minimum Gasteiger partial charge on any atom is -0.482 e. The zero-order chi connectivity index (χ0) is 25.9. The molecule has 9 heteroatoms. The number of carbonyl (C=O) groups excluding carboxylic acids is 3. The van der Waals surface area contributed by atoms with E-state index in [9.17, 15) is 14.4 Å². The number of amides is 3. The van der Waals surface area contributed by atoms with Crippen molar-refractivity contribution in [2.75, 3.05) is 37.7 Å². The van der Waals surface area contributed by atoms with Gasteiger partial charge in [0.15, 0.2) is 6.61 Å². The van der Waals surface area contributed by atoms with E-state index in [1.807, 2.05) is 52.5 Å². The van der Waals surface area contributed by atoms with E-state index in [0.29, 0.717) is 49.6 Å². The van der Waals surface area contributed by atoms with Crippen molar-refractivity contribution < 1.29 is 23.9 Å². The van der Waals surface area contributed by atoms with Crippen molar-refractivity contribution in [3.05, 3.63) is 23.3 Å². The van der Waals surface area contributed by atoms with Crippen molar-refractivity contribution in [3.63, 3.8) is 0 Å². The van der Waals surface area contributed by atoms with Gasteiger partial charge in [-0.25, -0.2) is 4.79 Å². The Hall–Kier alpha value is -2.81. The van der Waals surface area contributed by atoms with Crippen LogP contribution in [0.15, 0.2) is 12.1 Å². The molecule has 0 radical (unpaired) electrons. The van der Waals surface area contributed by atoms with Crippen molar-refractivity contribution in [1.82, 2.24) is 9.80 Å². The molecular formula is C26H40N4O5. The Morgan fingerprint density at radius 2 is 2.00 bits per heavy atom. The number of ether oxygens (including phenoxy) is 2. The predicted molar refractivity (Wildman–Crippen MR) is 135 cm³/mol. The number of fused-ring (bicyclic) bond motifs is 1. The first kappa shape index (κ1) is 26.8. The molecule has 1 fully saturated rings. The van der Waals surface area contributed by atoms with Crippen LogP contribution in [0.5, 0.6) is 5.75 Å². The van der Waals surface area contributed by atoms with Crippen LogP contribution in [0, 0.1) is 0 Å². The highest BCUT2D eigenvalue weighted by Gasteiger charge is 2.36. The summed E-state index contributed by atoms with van der Waals surface area (Å²) in [6, 6.07) is 3.42. The largest absolute Gasteiger partial charge is 0.482 e. The molecule has 3 rings (SSSR count). The summed E-state index contributed by atoms with van der Waals surface area (Å²) in [5.41, 5.74) is 7.16. The highest BCUT2D eigenvalue weighted by atomic mass is 16.6. The maximum Gasteiger partial charge on any atom is 0.410 e. The van der Waals surface area contributed by atoms with Crippen LogP contribution < -0.4 is 15.4 Å². The van der Waals surface area contributed by atoms with E-state index < -0.39 is 5.60 Å². The second-order valence-electron chi connectivity index (χ2n) is 10.5. The Morgan fingerprint density at radius 3 is 2.60 bits per heavy atom. The fourth-order valence-corrected chi connectivity index (χ4v) is 4.79. The third-order valence-electron chi connectivity index (χ3n) is 6.32. The maximum absolute atomic E-state index is 14.0. The number of carbonyl (C=O) groups is 3. The summed E-state index contributed by atoms with van der Waals surface area (Å²) in [4.78, 5) is 44.4. The van der Waals surface area contributed by atoms with Crippen LogP contribution in [0.4, 0.5) is 10.5 Å².